The average molecular weight is 186 g/mol. The molecule has 1 aromatic heterocycles. The molecule has 0 unspecified atom stereocenters. The number of oxime groups is 1. The number of hydrogen-bond donors (Lipinski definition) is 2. The van der Waals surface area contributed by atoms with Crippen LogP contribution >= 0.6 is 11.5 Å². The number of aromatic nitrogens is 2. The number of hydrogen-bond acceptors (Lipinski definition) is 7. The van der Waals surface area contributed by atoms with Crippen LogP contribution in [0.15, 0.2) is 5.16 Å². The maximum atomic E-state index is 10.8. The predicted molar refractivity (Wildman–Crippen MR) is 43.3 cm³/mol. The van der Waals surface area contributed by atoms with Gasteiger partial charge in [-0.25, -0.2) is 0 Å². The van der Waals surface area contributed by atoms with Gasteiger partial charge in [0.05, 0.1) is 0 Å². The van der Waals surface area contributed by atoms with Crippen LogP contribution in [-0.4, -0.2) is 26.1 Å². The van der Waals surface area contributed by atoms with Gasteiger partial charge in [-0.05, 0) is 0 Å². The molecule has 0 aliphatic rings. The molecule has 64 valence electrons. The zero-order chi connectivity index (χ0) is 9.14. The Labute approximate surface area is 71.9 Å². The van der Waals surface area contributed by atoms with Crippen LogP contribution < -0.4 is 5.73 Å². The maximum absolute atomic E-state index is 10.8. The van der Waals surface area contributed by atoms with Gasteiger partial charge in [-0.2, -0.15) is 9.36 Å². The number of Topliss-reactive ketones (excluding diaryl/α,β-unsaturated/α-hetero) is 1. The van der Waals surface area contributed by atoms with Crippen LogP contribution in [-0.2, 0) is 4.79 Å². The predicted octanol–water partition coefficient (Wildman–Crippen LogP) is -0.112. The van der Waals surface area contributed by atoms with Gasteiger partial charge in [0.2, 0.25) is 5.82 Å². The van der Waals surface area contributed by atoms with E-state index in [9.17, 15) is 4.79 Å². The Bertz CT molecular complexity index is 332. The minimum Gasteiger partial charge on any atom is -0.410 e. The Morgan fingerprint density at radius 1 is 1.75 bits per heavy atom. The van der Waals surface area contributed by atoms with E-state index in [0.29, 0.717) is 0 Å². The van der Waals surface area contributed by atoms with Crippen LogP contribution in [0.1, 0.15) is 12.7 Å². The molecule has 1 heterocycles. The molecule has 0 amide bonds. The van der Waals surface area contributed by atoms with Crippen molar-refractivity contribution in [3.8, 4) is 0 Å². The van der Waals surface area contributed by atoms with E-state index < -0.39 is 5.78 Å². The van der Waals surface area contributed by atoms with Crippen LogP contribution in [0.5, 0.6) is 0 Å². The summed E-state index contributed by atoms with van der Waals surface area (Å²) in [4.78, 5) is 14.5. The average Bonchev–Trinajstić information content (AvgIpc) is 2.37. The van der Waals surface area contributed by atoms with Crippen LogP contribution in [0.4, 0.5) is 5.13 Å². The second-order valence-corrected chi connectivity index (χ2v) is 2.74. The van der Waals surface area contributed by atoms with Gasteiger partial charge in [-0.15, -0.1) is 0 Å². The maximum Gasteiger partial charge on any atom is 0.200 e. The van der Waals surface area contributed by atoms with Gasteiger partial charge in [-0.1, -0.05) is 5.16 Å². The van der Waals surface area contributed by atoms with Crippen molar-refractivity contribution in [1.29, 1.82) is 0 Å². The van der Waals surface area contributed by atoms with Gasteiger partial charge < -0.3 is 10.9 Å². The summed E-state index contributed by atoms with van der Waals surface area (Å²) in [6.07, 6.45) is 0. The summed E-state index contributed by atoms with van der Waals surface area (Å²) >= 11 is 0.938. The van der Waals surface area contributed by atoms with E-state index in [1.165, 1.54) is 6.92 Å². The minimum atomic E-state index is -0.407. The Morgan fingerprint density at radius 3 is 2.75 bits per heavy atom. The summed E-state index contributed by atoms with van der Waals surface area (Å²) in [6.45, 7) is 1.26. The highest BCUT2D eigenvalue weighted by molar-refractivity contribution is 7.09. The van der Waals surface area contributed by atoms with Crippen molar-refractivity contribution in [3.63, 3.8) is 0 Å². The summed E-state index contributed by atoms with van der Waals surface area (Å²) < 4.78 is 3.70. The lowest BCUT2D eigenvalue weighted by atomic mass is 10.2. The van der Waals surface area contributed by atoms with Crippen LogP contribution in [0.2, 0.25) is 0 Å². The fraction of sp³-hybridized carbons (Fsp3) is 0.200. The largest absolute Gasteiger partial charge is 0.410 e. The van der Waals surface area contributed by atoms with Crippen LogP contribution in [0.3, 0.4) is 0 Å². The van der Waals surface area contributed by atoms with Gasteiger partial charge >= 0.3 is 0 Å². The zero-order valence-electron chi connectivity index (χ0n) is 6.18. The Hall–Kier alpha value is -1.50. The molecule has 0 saturated heterocycles. The molecular weight excluding hydrogens is 180 g/mol. The Morgan fingerprint density at radius 2 is 2.42 bits per heavy atom. The van der Waals surface area contributed by atoms with Gasteiger partial charge in [0.25, 0.3) is 0 Å². The quantitative estimate of drug-likeness (QED) is 0.381. The first-order valence-electron chi connectivity index (χ1n) is 2.97. The summed E-state index contributed by atoms with van der Waals surface area (Å²) in [5, 5.41) is 11.4. The number of rotatable bonds is 2. The van der Waals surface area contributed by atoms with Crippen LogP contribution in [0, 0.1) is 0 Å². The summed E-state index contributed by atoms with van der Waals surface area (Å²) in [6, 6.07) is 0. The normalized spacial score (nSPS) is 11.6. The number of carbonyl (C=O) groups excluding carboxylic acids is 1. The second-order valence-electron chi connectivity index (χ2n) is 1.96. The Balaban J connectivity index is 3.04. The van der Waals surface area contributed by atoms with Crippen molar-refractivity contribution >= 4 is 28.2 Å². The summed E-state index contributed by atoms with van der Waals surface area (Å²) in [5.41, 5.74) is 5.09. The van der Waals surface area contributed by atoms with Crippen LogP contribution in [0.25, 0.3) is 0 Å². The topological polar surface area (TPSA) is 101 Å². The zero-order valence-corrected chi connectivity index (χ0v) is 7.00. The Kier molecular flexibility index (Phi) is 2.34. The van der Waals surface area contributed by atoms with Crippen molar-refractivity contribution in [2.24, 2.45) is 5.16 Å². The van der Waals surface area contributed by atoms with Gasteiger partial charge in [0.15, 0.2) is 16.6 Å². The molecule has 0 aliphatic heterocycles. The molecule has 12 heavy (non-hydrogen) atoms. The lowest BCUT2D eigenvalue weighted by Gasteiger charge is -1.90. The SMILES string of the molecule is CC(=O)/C(=N\O)c1nsc(N)n1. The van der Waals surface area contributed by atoms with Crippen molar-refractivity contribution < 1.29 is 10.0 Å². The van der Waals surface area contributed by atoms with E-state index in [4.69, 9.17) is 10.9 Å². The highest BCUT2D eigenvalue weighted by Crippen LogP contribution is 2.06. The highest BCUT2D eigenvalue weighted by Gasteiger charge is 2.14. The lowest BCUT2D eigenvalue weighted by Crippen LogP contribution is -2.13. The molecule has 0 radical (unpaired) electrons. The monoisotopic (exact) mass is 186 g/mol. The van der Waals surface area contributed by atoms with Crippen molar-refractivity contribution in [3.05, 3.63) is 5.82 Å². The fourth-order valence-corrected chi connectivity index (χ4v) is 1.04. The van der Waals surface area contributed by atoms with E-state index >= 15 is 0 Å². The first-order chi connectivity index (χ1) is 5.65. The van der Waals surface area contributed by atoms with Gasteiger partial charge in [0.1, 0.15) is 0 Å². The van der Waals surface area contributed by atoms with E-state index in [0.717, 1.165) is 11.5 Å². The molecule has 0 atom stereocenters. The first-order valence-corrected chi connectivity index (χ1v) is 3.75. The molecule has 7 heteroatoms. The van der Waals surface area contributed by atoms with E-state index in [1.807, 2.05) is 0 Å². The number of carbonyl (C=O) groups is 1. The number of nitrogen functional groups attached to an aromatic ring is 1. The number of nitrogens with two attached hydrogens (primary N) is 1. The number of anilines is 1. The molecule has 1 rings (SSSR count). The third-order valence-corrected chi connectivity index (χ3v) is 1.63. The molecule has 0 saturated carbocycles. The van der Waals surface area contributed by atoms with Gasteiger partial charge in [-0.3, -0.25) is 4.79 Å². The molecular formula is C5H6N4O2S. The van der Waals surface area contributed by atoms with Crippen molar-refractivity contribution in [2.45, 2.75) is 6.92 Å². The minimum absolute atomic E-state index is 0.0625. The second kappa shape index (κ2) is 3.26. The molecule has 3 N–H and O–H groups in total. The summed E-state index contributed by atoms with van der Waals surface area (Å²) in [5.74, 6) is -0.345. The van der Waals surface area contributed by atoms with Crippen molar-refractivity contribution in [2.75, 3.05) is 5.73 Å². The molecule has 6 nitrogen and oxygen atoms in total. The van der Waals surface area contributed by atoms with E-state index in [-0.39, 0.29) is 16.7 Å². The third-order valence-electron chi connectivity index (χ3n) is 1.09. The standard InChI is InChI=1S/C5H6N4O2S/c1-2(10)3(8-11)4-7-5(6)12-9-4/h11H,1H3,(H2,6,7,9)/b8-3+. The fourth-order valence-electron chi connectivity index (χ4n) is 0.604. The molecule has 0 spiro atoms. The molecule has 0 fully saturated rings. The lowest BCUT2D eigenvalue weighted by molar-refractivity contribution is -0.111. The number of nitrogens with zero attached hydrogens (tertiary/aromatic N) is 3. The first kappa shape index (κ1) is 8.60. The molecule has 0 aliphatic carbocycles. The molecule has 0 bridgehead atoms. The third kappa shape index (κ3) is 1.56. The summed E-state index contributed by atoms with van der Waals surface area (Å²) in [7, 11) is 0. The van der Waals surface area contributed by atoms with Crippen molar-refractivity contribution in [1.82, 2.24) is 9.36 Å². The van der Waals surface area contributed by atoms with E-state index in [1.54, 1.807) is 0 Å². The van der Waals surface area contributed by atoms with E-state index in [2.05, 4.69) is 14.5 Å². The van der Waals surface area contributed by atoms with Gasteiger partial charge in [0, 0.05) is 18.5 Å². The molecule has 0 aromatic carbocycles. The molecule has 1 aromatic rings. The highest BCUT2D eigenvalue weighted by atomic mass is 32.1. The smallest absolute Gasteiger partial charge is 0.200 e. The number of ketones is 1.